The van der Waals surface area contributed by atoms with Crippen LogP contribution in [0.3, 0.4) is 0 Å². The Morgan fingerprint density at radius 3 is 2.50 bits per heavy atom. The van der Waals surface area contributed by atoms with Crippen molar-refractivity contribution in [1.29, 1.82) is 0 Å². The lowest BCUT2D eigenvalue weighted by Crippen LogP contribution is -2.12. The fourth-order valence-electron chi connectivity index (χ4n) is 2.00. The van der Waals surface area contributed by atoms with E-state index in [1.165, 1.54) is 0 Å². The number of benzene rings is 2. The summed E-state index contributed by atoms with van der Waals surface area (Å²) in [6, 6.07) is 12.2. The van der Waals surface area contributed by atoms with E-state index < -0.39 is 0 Å². The van der Waals surface area contributed by atoms with Crippen LogP contribution in [0.4, 0.5) is 5.69 Å². The smallest absolute Gasteiger partial charge is 0.257 e. The number of hydrogen-bond acceptors (Lipinski definition) is 2. The van der Waals surface area contributed by atoms with Gasteiger partial charge in [-0.05, 0) is 42.5 Å². The second kappa shape index (κ2) is 6.22. The number of carbonyl (C=O) groups excluding carboxylic acids is 1. The van der Waals surface area contributed by atoms with E-state index in [-0.39, 0.29) is 5.91 Å². The normalized spacial score (nSPS) is 10.5. The number of rotatable bonds is 3. The topological polar surface area (TPSA) is 46.9 Å². The molecule has 3 rings (SSSR count). The van der Waals surface area contributed by atoms with Crippen LogP contribution in [0.15, 0.2) is 61.2 Å². The van der Waals surface area contributed by atoms with E-state index in [9.17, 15) is 4.79 Å². The highest BCUT2D eigenvalue weighted by Crippen LogP contribution is 2.22. The number of amides is 1. The predicted octanol–water partition coefficient (Wildman–Crippen LogP) is 4.43. The first kappa shape index (κ1) is 14.6. The molecule has 0 aliphatic heterocycles. The lowest BCUT2D eigenvalue weighted by atomic mass is 10.2. The summed E-state index contributed by atoms with van der Waals surface area (Å²) in [5.74, 6) is -0.281. The van der Waals surface area contributed by atoms with Gasteiger partial charge in [0.1, 0.15) is 0 Å². The molecule has 6 heteroatoms. The third-order valence-corrected chi connectivity index (χ3v) is 3.65. The van der Waals surface area contributed by atoms with Crippen molar-refractivity contribution in [2.24, 2.45) is 0 Å². The lowest BCUT2D eigenvalue weighted by molar-refractivity contribution is 0.102. The molecule has 0 atom stereocenters. The third-order valence-electron chi connectivity index (χ3n) is 3.10. The number of hydrogen-bond donors (Lipinski definition) is 1. The van der Waals surface area contributed by atoms with Gasteiger partial charge in [-0.2, -0.15) is 0 Å². The largest absolute Gasteiger partial charge is 0.322 e. The van der Waals surface area contributed by atoms with E-state index >= 15 is 0 Å². The van der Waals surface area contributed by atoms with Crippen molar-refractivity contribution in [3.8, 4) is 5.69 Å². The molecular weight excluding hydrogens is 321 g/mol. The SMILES string of the molecule is O=C(Nc1ccc(-n2ccnc2)cc1)c1ccc(Cl)cc1Cl. The highest BCUT2D eigenvalue weighted by molar-refractivity contribution is 6.37. The Morgan fingerprint density at radius 1 is 1.09 bits per heavy atom. The number of halogens is 2. The molecule has 0 bridgehead atoms. The first-order chi connectivity index (χ1) is 10.6. The summed E-state index contributed by atoms with van der Waals surface area (Å²) in [5.41, 5.74) is 2.02. The van der Waals surface area contributed by atoms with Crippen molar-refractivity contribution < 1.29 is 4.79 Å². The number of nitrogens with one attached hydrogen (secondary N) is 1. The Hall–Kier alpha value is -2.30. The Balaban J connectivity index is 1.77. The van der Waals surface area contributed by atoms with E-state index in [0.29, 0.717) is 21.3 Å². The Labute approximate surface area is 137 Å². The molecule has 4 nitrogen and oxygen atoms in total. The van der Waals surface area contributed by atoms with E-state index in [4.69, 9.17) is 23.2 Å². The highest BCUT2D eigenvalue weighted by atomic mass is 35.5. The zero-order valence-electron chi connectivity index (χ0n) is 11.3. The van der Waals surface area contributed by atoms with Gasteiger partial charge in [0, 0.05) is 28.8 Å². The summed E-state index contributed by atoms with van der Waals surface area (Å²) in [6.07, 6.45) is 5.26. The van der Waals surface area contributed by atoms with E-state index in [2.05, 4.69) is 10.3 Å². The fourth-order valence-corrected chi connectivity index (χ4v) is 2.50. The maximum absolute atomic E-state index is 12.2. The van der Waals surface area contributed by atoms with Crippen LogP contribution in [0, 0.1) is 0 Å². The van der Waals surface area contributed by atoms with Gasteiger partial charge in [0.25, 0.3) is 5.91 Å². The van der Waals surface area contributed by atoms with Gasteiger partial charge in [-0.1, -0.05) is 23.2 Å². The van der Waals surface area contributed by atoms with Crippen LogP contribution in [0.1, 0.15) is 10.4 Å². The third kappa shape index (κ3) is 3.13. The van der Waals surface area contributed by atoms with Crippen molar-refractivity contribution in [2.75, 3.05) is 5.32 Å². The Bertz CT molecular complexity index is 799. The van der Waals surface area contributed by atoms with Gasteiger partial charge in [0.2, 0.25) is 0 Å². The summed E-state index contributed by atoms with van der Waals surface area (Å²) < 4.78 is 1.88. The van der Waals surface area contributed by atoms with Crippen LogP contribution < -0.4 is 5.32 Å². The minimum atomic E-state index is -0.281. The zero-order valence-corrected chi connectivity index (χ0v) is 12.8. The highest BCUT2D eigenvalue weighted by Gasteiger charge is 2.11. The van der Waals surface area contributed by atoms with Crippen molar-refractivity contribution in [2.45, 2.75) is 0 Å². The maximum atomic E-state index is 12.2. The molecule has 1 N–H and O–H groups in total. The van der Waals surface area contributed by atoms with Crippen LogP contribution in [-0.2, 0) is 0 Å². The average Bonchev–Trinajstić information content (AvgIpc) is 3.02. The molecule has 22 heavy (non-hydrogen) atoms. The minimum Gasteiger partial charge on any atom is -0.322 e. The zero-order chi connectivity index (χ0) is 15.5. The number of anilines is 1. The fraction of sp³-hybridized carbons (Fsp3) is 0. The number of carbonyl (C=O) groups is 1. The van der Waals surface area contributed by atoms with Crippen molar-refractivity contribution >= 4 is 34.8 Å². The molecule has 0 aliphatic rings. The van der Waals surface area contributed by atoms with Crippen LogP contribution in [-0.4, -0.2) is 15.5 Å². The average molecular weight is 332 g/mol. The van der Waals surface area contributed by atoms with Gasteiger partial charge >= 0.3 is 0 Å². The molecule has 0 saturated heterocycles. The molecule has 3 aromatic rings. The van der Waals surface area contributed by atoms with Gasteiger partial charge in [-0.3, -0.25) is 4.79 Å². The number of imidazole rings is 1. The quantitative estimate of drug-likeness (QED) is 0.771. The summed E-state index contributed by atoms with van der Waals surface area (Å²) in [4.78, 5) is 16.2. The Kier molecular flexibility index (Phi) is 4.13. The van der Waals surface area contributed by atoms with Crippen LogP contribution in [0.25, 0.3) is 5.69 Å². The van der Waals surface area contributed by atoms with Crippen molar-refractivity contribution in [1.82, 2.24) is 9.55 Å². The van der Waals surface area contributed by atoms with Gasteiger partial charge in [-0.15, -0.1) is 0 Å². The number of nitrogens with zero attached hydrogens (tertiary/aromatic N) is 2. The summed E-state index contributed by atoms with van der Waals surface area (Å²) in [7, 11) is 0. The van der Waals surface area contributed by atoms with Crippen LogP contribution in [0.5, 0.6) is 0 Å². The summed E-state index contributed by atoms with van der Waals surface area (Å²) >= 11 is 11.9. The standard InChI is InChI=1S/C16H11Cl2N3O/c17-11-1-6-14(15(18)9-11)16(22)20-12-2-4-13(5-3-12)21-8-7-19-10-21/h1-10H,(H,20,22). The van der Waals surface area contributed by atoms with E-state index in [1.54, 1.807) is 30.7 Å². The van der Waals surface area contributed by atoms with E-state index in [0.717, 1.165) is 5.69 Å². The molecule has 0 aliphatic carbocycles. The summed E-state index contributed by atoms with van der Waals surface area (Å²) in [6.45, 7) is 0. The second-order valence-electron chi connectivity index (χ2n) is 4.60. The monoisotopic (exact) mass is 331 g/mol. The predicted molar refractivity (Wildman–Crippen MR) is 88.0 cm³/mol. The van der Waals surface area contributed by atoms with Gasteiger partial charge < -0.3 is 9.88 Å². The molecule has 0 fully saturated rings. The maximum Gasteiger partial charge on any atom is 0.257 e. The van der Waals surface area contributed by atoms with E-state index in [1.807, 2.05) is 35.0 Å². The molecular formula is C16H11Cl2N3O. The molecule has 1 aromatic heterocycles. The molecule has 0 spiro atoms. The molecule has 0 unspecified atom stereocenters. The molecule has 1 heterocycles. The Morgan fingerprint density at radius 2 is 1.86 bits per heavy atom. The summed E-state index contributed by atoms with van der Waals surface area (Å²) in [5, 5.41) is 3.61. The molecule has 0 saturated carbocycles. The molecule has 2 aromatic carbocycles. The first-order valence-corrected chi connectivity index (χ1v) is 7.24. The van der Waals surface area contributed by atoms with Gasteiger partial charge in [0.05, 0.1) is 16.9 Å². The minimum absolute atomic E-state index is 0.281. The molecule has 1 amide bonds. The lowest BCUT2D eigenvalue weighted by Gasteiger charge is -2.08. The van der Waals surface area contributed by atoms with Gasteiger partial charge in [-0.25, -0.2) is 4.98 Å². The van der Waals surface area contributed by atoms with Crippen molar-refractivity contribution in [3.63, 3.8) is 0 Å². The van der Waals surface area contributed by atoms with Crippen LogP contribution in [0.2, 0.25) is 10.0 Å². The van der Waals surface area contributed by atoms with Crippen molar-refractivity contribution in [3.05, 3.63) is 76.8 Å². The van der Waals surface area contributed by atoms with Crippen LogP contribution >= 0.6 is 23.2 Å². The number of aromatic nitrogens is 2. The molecule has 110 valence electrons. The molecule has 0 radical (unpaired) electrons. The van der Waals surface area contributed by atoms with Gasteiger partial charge in [0.15, 0.2) is 0 Å². The second-order valence-corrected chi connectivity index (χ2v) is 5.44. The first-order valence-electron chi connectivity index (χ1n) is 6.48.